The predicted molar refractivity (Wildman–Crippen MR) is 75.9 cm³/mol. The molecule has 0 aliphatic heterocycles. The van der Waals surface area contributed by atoms with Gasteiger partial charge in [0.05, 0.1) is 5.52 Å². The Hall–Kier alpha value is -2.20. The van der Waals surface area contributed by atoms with Crippen molar-refractivity contribution >= 4 is 10.9 Å². The van der Waals surface area contributed by atoms with Gasteiger partial charge in [0.1, 0.15) is 17.6 Å². The first-order valence-corrected chi connectivity index (χ1v) is 6.43. The minimum absolute atomic E-state index is 0.348. The van der Waals surface area contributed by atoms with Crippen LogP contribution < -0.4 is 0 Å². The quantitative estimate of drug-likeness (QED) is 0.777. The molecule has 0 bridgehead atoms. The molecule has 1 N–H and O–H groups in total. The molecule has 0 aliphatic rings. The lowest BCUT2D eigenvalue weighted by Crippen LogP contribution is -2.03. The molecule has 1 unspecified atom stereocenters. The van der Waals surface area contributed by atoms with Gasteiger partial charge in [0.15, 0.2) is 0 Å². The average molecular weight is 270 g/mol. The molecule has 0 saturated heterocycles. The number of aliphatic hydroxyl groups is 1. The van der Waals surface area contributed by atoms with Gasteiger partial charge < -0.3 is 5.11 Å². The fourth-order valence-electron chi connectivity index (χ4n) is 2.52. The van der Waals surface area contributed by atoms with E-state index in [9.17, 15) is 9.50 Å². The molecular weight excluding hydrogens is 255 g/mol. The number of aryl methyl sites for hydroxylation is 2. The first-order valence-electron chi connectivity index (χ1n) is 6.43. The van der Waals surface area contributed by atoms with Crippen molar-refractivity contribution in [3.63, 3.8) is 0 Å². The molecule has 3 aromatic rings. The molecule has 4 heteroatoms. The van der Waals surface area contributed by atoms with Gasteiger partial charge in [-0.05, 0) is 36.2 Å². The number of fused-ring (bicyclic) bond motifs is 1. The van der Waals surface area contributed by atoms with Gasteiger partial charge in [-0.2, -0.15) is 5.10 Å². The predicted octanol–water partition coefficient (Wildman–Crippen LogP) is 3.10. The van der Waals surface area contributed by atoms with Gasteiger partial charge in [0.2, 0.25) is 0 Å². The second-order valence-electron chi connectivity index (χ2n) is 4.99. The molecule has 102 valence electrons. The summed E-state index contributed by atoms with van der Waals surface area (Å²) < 4.78 is 15.2. The Morgan fingerprint density at radius 1 is 1.20 bits per heavy atom. The van der Waals surface area contributed by atoms with Crippen molar-refractivity contribution in [1.82, 2.24) is 9.78 Å². The lowest BCUT2D eigenvalue weighted by atomic mass is 10.0. The van der Waals surface area contributed by atoms with E-state index in [4.69, 9.17) is 0 Å². The van der Waals surface area contributed by atoms with Crippen LogP contribution in [-0.2, 0) is 7.05 Å². The van der Waals surface area contributed by atoms with E-state index in [1.165, 1.54) is 12.1 Å². The van der Waals surface area contributed by atoms with Crippen molar-refractivity contribution in [2.75, 3.05) is 0 Å². The number of nitrogens with zero attached hydrogens (tertiary/aromatic N) is 2. The van der Waals surface area contributed by atoms with Crippen molar-refractivity contribution in [3.8, 4) is 0 Å². The highest BCUT2D eigenvalue weighted by molar-refractivity contribution is 5.82. The number of para-hydroxylation sites is 1. The molecule has 1 atom stereocenters. The van der Waals surface area contributed by atoms with Gasteiger partial charge in [-0.25, -0.2) is 4.39 Å². The average Bonchev–Trinajstić information content (AvgIpc) is 2.75. The third-order valence-electron chi connectivity index (χ3n) is 3.43. The van der Waals surface area contributed by atoms with Crippen LogP contribution in [0.25, 0.3) is 10.9 Å². The molecule has 0 radical (unpaired) electrons. The largest absolute Gasteiger partial charge is 0.382 e. The monoisotopic (exact) mass is 270 g/mol. The Morgan fingerprint density at radius 3 is 2.70 bits per heavy atom. The summed E-state index contributed by atoms with van der Waals surface area (Å²) in [5.41, 5.74) is 2.79. The van der Waals surface area contributed by atoms with Crippen molar-refractivity contribution in [1.29, 1.82) is 0 Å². The van der Waals surface area contributed by atoms with Crippen molar-refractivity contribution in [2.24, 2.45) is 7.05 Å². The molecule has 20 heavy (non-hydrogen) atoms. The molecule has 0 aliphatic carbocycles. The topological polar surface area (TPSA) is 38.1 Å². The number of aliphatic hydroxyl groups excluding tert-OH is 1. The van der Waals surface area contributed by atoms with Crippen LogP contribution in [0.5, 0.6) is 0 Å². The molecule has 3 rings (SSSR count). The lowest BCUT2D eigenvalue weighted by molar-refractivity contribution is 0.215. The highest BCUT2D eigenvalue weighted by atomic mass is 19.1. The van der Waals surface area contributed by atoms with E-state index in [1.54, 1.807) is 17.7 Å². The fourth-order valence-corrected chi connectivity index (χ4v) is 2.52. The van der Waals surface area contributed by atoms with Gasteiger partial charge in [-0.15, -0.1) is 0 Å². The molecule has 0 fully saturated rings. The Kier molecular flexibility index (Phi) is 3.03. The molecule has 1 heterocycles. The maximum absolute atomic E-state index is 13.5. The Bertz CT molecular complexity index is 759. The van der Waals surface area contributed by atoms with Crippen LogP contribution in [0.4, 0.5) is 4.39 Å². The van der Waals surface area contributed by atoms with Crippen LogP contribution in [0.2, 0.25) is 0 Å². The second kappa shape index (κ2) is 4.72. The van der Waals surface area contributed by atoms with E-state index in [1.807, 2.05) is 31.3 Å². The summed E-state index contributed by atoms with van der Waals surface area (Å²) in [4.78, 5) is 0. The summed E-state index contributed by atoms with van der Waals surface area (Å²) in [6.07, 6.45) is -0.935. The maximum Gasteiger partial charge on any atom is 0.124 e. The first kappa shape index (κ1) is 12.8. The van der Waals surface area contributed by atoms with Crippen LogP contribution in [0, 0.1) is 12.7 Å². The van der Waals surface area contributed by atoms with E-state index in [-0.39, 0.29) is 5.82 Å². The van der Waals surface area contributed by atoms with Crippen molar-refractivity contribution in [2.45, 2.75) is 13.0 Å². The minimum atomic E-state index is -0.935. The highest BCUT2D eigenvalue weighted by Crippen LogP contribution is 2.28. The molecule has 1 aromatic heterocycles. The third kappa shape index (κ3) is 2.08. The second-order valence-corrected chi connectivity index (χ2v) is 4.99. The zero-order chi connectivity index (χ0) is 14.3. The van der Waals surface area contributed by atoms with Gasteiger partial charge in [0, 0.05) is 12.4 Å². The third-order valence-corrected chi connectivity index (χ3v) is 3.43. The van der Waals surface area contributed by atoms with Crippen molar-refractivity contribution < 1.29 is 9.50 Å². The minimum Gasteiger partial charge on any atom is -0.382 e. The number of benzene rings is 2. The summed E-state index contributed by atoms with van der Waals surface area (Å²) >= 11 is 0. The van der Waals surface area contributed by atoms with Crippen LogP contribution in [-0.4, -0.2) is 14.9 Å². The summed E-state index contributed by atoms with van der Waals surface area (Å²) in [5.74, 6) is -0.348. The molecule has 3 nitrogen and oxygen atoms in total. The number of hydrogen-bond acceptors (Lipinski definition) is 2. The van der Waals surface area contributed by atoms with E-state index >= 15 is 0 Å². The zero-order valence-electron chi connectivity index (χ0n) is 11.3. The molecule has 0 amide bonds. The normalized spacial score (nSPS) is 12.8. The Labute approximate surface area is 116 Å². The number of hydrogen-bond donors (Lipinski definition) is 1. The number of rotatable bonds is 2. The van der Waals surface area contributed by atoms with Gasteiger partial charge >= 0.3 is 0 Å². The van der Waals surface area contributed by atoms with Gasteiger partial charge in [0.25, 0.3) is 0 Å². The van der Waals surface area contributed by atoms with E-state index in [0.717, 1.165) is 16.5 Å². The highest BCUT2D eigenvalue weighted by Gasteiger charge is 2.19. The summed E-state index contributed by atoms with van der Waals surface area (Å²) in [6, 6.07) is 12.2. The Balaban J connectivity index is 2.15. The SMILES string of the molecule is Cc1cc(F)cc(C(O)c2nn(C)c3ccccc23)c1. The van der Waals surface area contributed by atoms with Gasteiger partial charge in [-0.1, -0.05) is 24.3 Å². The zero-order valence-corrected chi connectivity index (χ0v) is 11.3. The van der Waals surface area contributed by atoms with E-state index < -0.39 is 6.10 Å². The van der Waals surface area contributed by atoms with Crippen LogP contribution in [0.3, 0.4) is 0 Å². The molecule has 2 aromatic carbocycles. The van der Waals surface area contributed by atoms with Crippen molar-refractivity contribution in [3.05, 3.63) is 65.1 Å². The van der Waals surface area contributed by atoms with Crippen LogP contribution >= 0.6 is 0 Å². The summed E-state index contributed by atoms with van der Waals surface area (Å²) in [6.45, 7) is 1.80. The van der Waals surface area contributed by atoms with Gasteiger partial charge in [-0.3, -0.25) is 4.68 Å². The van der Waals surface area contributed by atoms with Crippen LogP contribution in [0.1, 0.15) is 22.9 Å². The van der Waals surface area contributed by atoms with Crippen LogP contribution in [0.15, 0.2) is 42.5 Å². The van der Waals surface area contributed by atoms with E-state index in [0.29, 0.717) is 11.3 Å². The molecule has 0 spiro atoms. The smallest absolute Gasteiger partial charge is 0.124 e. The Morgan fingerprint density at radius 2 is 1.95 bits per heavy atom. The standard InChI is InChI=1S/C16H15FN2O/c1-10-7-11(9-12(17)8-10)16(20)15-13-5-3-4-6-14(13)19(2)18-15/h3-9,16,20H,1-2H3. The molecule has 0 saturated carbocycles. The fraction of sp³-hybridized carbons (Fsp3) is 0.188. The van der Waals surface area contributed by atoms with E-state index in [2.05, 4.69) is 5.10 Å². The maximum atomic E-state index is 13.5. The molecular formula is C16H15FN2O. The first-order chi connectivity index (χ1) is 9.56. The number of aromatic nitrogens is 2. The summed E-state index contributed by atoms with van der Waals surface area (Å²) in [7, 11) is 1.83. The number of halogens is 1. The lowest BCUT2D eigenvalue weighted by Gasteiger charge is -2.10. The summed E-state index contributed by atoms with van der Waals surface area (Å²) in [5, 5.41) is 15.8.